The minimum atomic E-state index is -4.93. The minimum absolute atomic E-state index is 0.00981. The van der Waals surface area contributed by atoms with E-state index >= 15 is 0 Å². The maximum Gasteiger partial charge on any atom is 0.435 e. The Morgan fingerprint density at radius 3 is 2.25 bits per heavy atom. The number of rotatable bonds is 8. The molecule has 218 valence electrons. The van der Waals surface area contributed by atoms with Crippen LogP contribution in [0.4, 0.5) is 30.6 Å². The van der Waals surface area contributed by atoms with Gasteiger partial charge in [0.25, 0.3) is 0 Å². The largest absolute Gasteiger partial charge is 0.435 e. The summed E-state index contributed by atoms with van der Waals surface area (Å²) in [6.07, 6.45) is 0.215. The molecule has 0 unspecified atom stereocenters. The molecule has 15 heteroatoms. The van der Waals surface area contributed by atoms with E-state index in [2.05, 4.69) is 49.3 Å². The third-order valence-electron chi connectivity index (χ3n) is 6.84. The average molecular weight is 582 g/mol. The van der Waals surface area contributed by atoms with Gasteiger partial charge in [-0.15, -0.1) is 4.09 Å². The van der Waals surface area contributed by atoms with Gasteiger partial charge in [0.05, 0.1) is 28.8 Å². The molecule has 0 spiro atoms. The highest BCUT2D eigenvalue weighted by Crippen LogP contribution is 2.41. The highest BCUT2D eigenvalue weighted by atomic mass is 32.2. The fourth-order valence-corrected chi connectivity index (χ4v) is 5.71. The third-order valence-corrected chi connectivity index (χ3v) is 8.48. The van der Waals surface area contributed by atoms with Crippen LogP contribution in [0.2, 0.25) is 0 Å². The summed E-state index contributed by atoms with van der Waals surface area (Å²) in [4.78, 5) is 17.4. The zero-order chi connectivity index (χ0) is 29.4. The van der Waals surface area contributed by atoms with E-state index in [-0.39, 0.29) is 17.3 Å². The molecule has 0 saturated carbocycles. The Morgan fingerprint density at radius 2 is 1.73 bits per heavy atom. The molecule has 4 rings (SSSR count). The minimum Gasteiger partial charge on any atom is -0.370 e. The maximum absolute atomic E-state index is 14.1. The van der Waals surface area contributed by atoms with Crippen molar-refractivity contribution < 1.29 is 21.6 Å². The predicted octanol–water partition coefficient (Wildman–Crippen LogP) is 3.81. The molecular formula is C25H34F3N9O2S. The smallest absolute Gasteiger partial charge is 0.370 e. The summed E-state index contributed by atoms with van der Waals surface area (Å²) >= 11 is 0. The van der Waals surface area contributed by atoms with E-state index < -0.39 is 33.6 Å². The van der Waals surface area contributed by atoms with Crippen LogP contribution in [0.15, 0.2) is 30.6 Å². The molecule has 0 aliphatic carbocycles. The van der Waals surface area contributed by atoms with Crippen molar-refractivity contribution in [1.82, 2.24) is 33.3 Å². The Hall–Kier alpha value is -3.30. The van der Waals surface area contributed by atoms with E-state index in [1.807, 2.05) is 6.07 Å². The van der Waals surface area contributed by atoms with Gasteiger partial charge in [-0.3, -0.25) is 0 Å². The average Bonchev–Trinajstić information content (AvgIpc) is 3.32. The SMILES string of the molecule is CC(C)c1c(-c2ccnc(Nc3ccc(N4CCC(N(C)C)CC4)cn3)n2)c(C(F)(F)F)nn1S(=O)(=O)N(C)C. The van der Waals surface area contributed by atoms with Crippen molar-refractivity contribution in [3.05, 3.63) is 42.0 Å². The van der Waals surface area contributed by atoms with Gasteiger partial charge in [0, 0.05) is 39.4 Å². The normalized spacial score (nSPS) is 15.4. The number of pyridine rings is 1. The summed E-state index contributed by atoms with van der Waals surface area (Å²) in [5, 5.41) is 6.45. The molecule has 1 aliphatic rings. The Morgan fingerprint density at radius 1 is 1.05 bits per heavy atom. The molecule has 4 heterocycles. The Labute approximate surface area is 232 Å². The van der Waals surface area contributed by atoms with Gasteiger partial charge in [0.1, 0.15) is 5.82 Å². The van der Waals surface area contributed by atoms with Crippen LogP contribution in [-0.4, -0.2) is 89.1 Å². The van der Waals surface area contributed by atoms with Gasteiger partial charge in [-0.1, -0.05) is 13.8 Å². The zero-order valence-corrected chi connectivity index (χ0v) is 24.1. The van der Waals surface area contributed by atoms with Crippen LogP contribution in [0.5, 0.6) is 0 Å². The number of aromatic nitrogens is 5. The lowest BCUT2D eigenvalue weighted by Gasteiger charge is -2.36. The second kappa shape index (κ2) is 11.3. The van der Waals surface area contributed by atoms with Crippen molar-refractivity contribution in [2.75, 3.05) is 51.5 Å². The second-order valence-corrected chi connectivity index (χ2v) is 12.3. The molecule has 1 N–H and O–H groups in total. The number of halogens is 3. The quantitative estimate of drug-likeness (QED) is 0.424. The summed E-state index contributed by atoms with van der Waals surface area (Å²) in [6.45, 7) is 5.02. The molecule has 1 aliphatic heterocycles. The molecule has 0 amide bonds. The number of nitrogens with zero attached hydrogens (tertiary/aromatic N) is 8. The lowest BCUT2D eigenvalue weighted by molar-refractivity contribution is -0.140. The number of alkyl halides is 3. The first-order valence-electron chi connectivity index (χ1n) is 12.8. The third kappa shape index (κ3) is 6.05. The van der Waals surface area contributed by atoms with Crippen LogP contribution in [0.3, 0.4) is 0 Å². The lowest BCUT2D eigenvalue weighted by atomic mass is 10.0. The Bertz CT molecular complexity index is 1430. The second-order valence-electron chi connectivity index (χ2n) is 10.4. The van der Waals surface area contributed by atoms with Crippen LogP contribution in [0.25, 0.3) is 11.3 Å². The topological polar surface area (TPSA) is 112 Å². The zero-order valence-electron chi connectivity index (χ0n) is 23.3. The van der Waals surface area contributed by atoms with Crippen LogP contribution in [0, 0.1) is 0 Å². The highest BCUT2D eigenvalue weighted by molar-refractivity contribution is 7.87. The van der Waals surface area contributed by atoms with E-state index in [0.29, 0.717) is 15.9 Å². The standard InChI is InChI=1S/C25H34F3N9O2S/c1-16(2)22-21(23(25(26,27)28)33-37(22)40(38,39)35(5)6)19-9-12-29-24(31-19)32-20-8-7-18(15-30-20)36-13-10-17(11-14-36)34(3)4/h7-9,12,15-17H,10-11,13-14H2,1-6H3,(H,29,30,31,32). The van der Waals surface area contributed by atoms with Crippen molar-refractivity contribution >= 4 is 27.7 Å². The van der Waals surface area contributed by atoms with Gasteiger partial charge in [0.2, 0.25) is 5.95 Å². The first-order valence-corrected chi connectivity index (χ1v) is 14.2. The first kappa shape index (κ1) is 29.7. The Balaban J connectivity index is 1.65. The number of hydrogen-bond acceptors (Lipinski definition) is 9. The van der Waals surface area contributed by atoms with Gasteiger partial charge in [-0.05, 0) is 51.1 Å². The first-order chi connectivity index (χ1) is 18.7. The van der Waals surface area contributed by atoms with E-state index in [1.165, 1.54) is 26.4 Å². The number of hydrogen-bond donors (Lipinski definition) is 1. The van der Waals surface area contributed by atoms with Crippen molar-refractivity contribution in [2.45, 2.75) is 44.8 Å². The highest BCUT2D eigenvalue weighted by Gasteiger charge is 2.42. The van der Waals surface area contributed by atoms with Crippen LogP contribution < -0.4 is 10.2 Å². The van der Waals surface area contributed by atoms with Gasteiger partial charge in [0.15, 0.2) is 5.69 Å². The number of piperidine rings is 1. The fourth-order valence-electron chi connectivity index (χ4n) is 4.66. The maximum atomic E-state index is 14.1. The van der Waals surface area contributed by atoms with Crippen molar-refractivity contribution in [3.8, 4) is 11.3 Å². The van der Waals surface area contributed by atoms with Gasteiger partial charge >= 0.3 is 16.4 Å². The fraction of sp³-hybridized carbons (Fsp3) is 0.520. The van der Waals surface area contributed by atoms with Crippen LogP contribution >= 0.6 is 0 Å². The molecular weight excluding hydrogens is 547 g/mol. The van der Waals surface area contributed by atoms with Gasteiger partial charge in [-0.2, -0.15) is 31.0 Å². The number of nitrogens with one attached hydrogen (secondary N) is 1. The van der Waals surface area contributed by atoms with Crippen LogP contribution in [0.1, 0.15) is 44.0 Å². The number of anilines is 3. The monoisotopic (exact) mass is 581 g/mol. The predicted molar refractivity (Wildman–Crippen MR) is 147 cm³/mol. The van der Waals surface area contributed by atoms with E-state index in [1.54, 1.807) is 26.1 Å². The van der Waals surface area contributed by atoms with E-state index in [4.69, 9.17) is 0 Å². The molecule has 11 nitrogen and oxygen atoms in total. The summed E-state index contributed by atoms with van der Waals surface area (Å²) in [7, 11) is 2.29. The molecule has 3 aromatic rings. The molecule has 0 bridgehead atoms. The molecule has 1 saturated heterocycles. The molecule has 3 aromatic heterocycles. The Kier molecular flexibility index (Phi) is 8.38. The molecule has 0 aromatic carbocycles. The van der Waals surface area contributed by atoms with Gasteiger partial charge < -0.3 is 15.1 Å². The van der Waals surface area contributed by atoms with E-state index in [9.17, 15) is 21.6 Å². The van der Waals surface area contributed by atoms with Gasteiger partial charge in [-0.25, -0.2) is 15.0 Å². The summed E-state index contributed by atoms with van der Waals surface area (Å²) in [5.41, 5.74) is -1.03. The summed E-state index contributed by atoms with van der Waals surface area (Å²) in [5.74, 6) is -0.206. The molecule has 40 heavy (non-hydrogen) atoms. The molecule has 0 radical (unpaired) electrons. The van der Waals surface area contributed by atoms with Crippen molar-refractivity contribution in [1.29, 1.82) is 0 Å². The summed E-state index contributed by atoms with van der Waals surface area (Å²) in [6, 6.07) is 5.53. The van der Waals surface area contributed by atoms with E-state index in [0.717, 1.165) is 35.9 Å². The molecule has 1 fully saturated rings. The van der Waals surface area contributed by atoms with Crippen LogP contribution in [-0.2, 0) is 16.4 Å². The van der Waals surface area contributed by atoms with Crippen molar-refractivity contribution in [3.63, 3.8) is 0 Å². The molecule has 0 atom stereocenters. The van der Waals surface area contributed by atoms with Crippen molar-refractivity contribution in [2.24, 2.45) is 0 Å². The lowest BCUT2D eigenvalue weighted by Crippen LogP contribution is -2.42. The summed E-state index contributed by atoms with van der Waals surface area (Å²) < 4.78 is 69.4.